The van der Waals surface area contributed by atoms with E-state index in [1.165, 1.54) is 0 Å². The maximum atomic E-state index is 7.13. The highest BCUT2D eigenvalue weighted by molar-refractivity contribution is 6.21. The van der Waals surface area contributed by atoms with Crippen LogP contribution in [0.25, 0.3) is 123 Å². The van der Waals surface area contributed by atoms with Crippen LogP contribution in [0.15, 0.2) is 221 Å². The fraction of sp³-hybridized carbons (Fsp3) is 0. The summed E-state index contributed by atoms with van der Waals surface area (Å²) < 4.78 is 13.8. The van der Waals surface area contributed by atoms with Gasteiger partial charge in [-0.05, 0) is 29.3 Å². The maximum absolute atomic E-state index is 7.13. The maximum Gasteiger partial charge on any atom is 0.162 e. The summed E-state index contributed by atoms with van der Waals surface area (Å²) in [5.74, 6) is 1.46. The summed E-state index contributed by atoms with van der Waals surface area (Å²) in [5, 5.41) is 4.17. The molecule has 0 N–H and O–H groups in total. The van der Waals surface area contributed by atoms with E-state index in [9.17, 15) is 0 Å². The third-order valence-electron chi connectivity index (χ3n) is 11.7. The van der Waals surface area contributed by atoms with Crippen molar-refractivity contribution in [3.8, 4) is 78.7 Å². The summed E-state index contributed by atoms with van der Waals surface area (Å²) >= 11 is 0. The highest BCUT2D eigenvalue weighted by Gasteiger charge is 2.26. The molecule has 0 aliphatic rings. The molecule has 0 saturated carbocycles. The van der Waals surface area contributed by atoms with E-state index in [0.29, 0.717) is 5.82 Å². The smallest absolute Gasteiger partial charge is 0.162 e. The highest BCUT2D eigenvalue weighted by atomic mass is 16.3. The van der Waals surface area contributed by atoms with E-state index < -0.39 is 0 Å². The summed E-state index contributed by atoms with van der Waals surface area (Å²) in [6.07, 6.45) is 0. The second-order valence-corrected chi connectivity index (χ2v) is 15.5. The Balaban J connectivity index is 0.990. The average Bonchev–Trinajstić information content (AvgIpc) is 3.95. The molecule has 4 heterocycles. The van der Waals surface area contributed by atoms with Gasteiger partial charge in [0, 0.05) is 60.5 Å². The highest BCUT2D eigenvalue weighted by Crippen LogP contribution is 2.49. The zero-order valence-corrected chi connectivity index (χ0v) is 33.4. The molecule has 290 valence electrons. The van der Waals surface area contributed by atoms with Crippen molar-refractivity contribution in [1.29, 1.82) is 0 Å². The Labute approximate surface area is 357 Å². The number of aromatic nitrogens is 3. The van der Waals surface area contributed by atoms with Crippen LogP contribution in [0.3, 0.4) is 0 Å². The van der Waals surface area contributed by atoms with Gasteiger partial charge in [0.1, 0.15) is 22.6 Å². The SMILES string of the molecule is c1ccc(-c2cc(-c3ccc(-c4ccc(-c5oc6c(-c7ccccc7)nc7ccccc7c6c5-c5cccc6c5oc5ccccc56)cc4)cc3)nc(-c3ccccc3)n2)cc1. The third kappa shape index (κ3) is 6.06. The molecule has 0 fully saturated rings. The van der Waals surface area contributed by atoms with Crippen molar-refractivity contribution in [2.24, 2.45) is 0 Å². The minimum absolute atomic E-state index is 0.697. The van der Waals surface area contributed by atoms with Gasteiger partial charge in [-0.2, -0.15) is 0 Å². The van der Waals surface area contributed by atoms with Crippen molar-refractivity contribution in [2.45, 2.75) is 0 Å². The monoisotopic (exact) mass is 793 g/mol. The van der Waals surface area contributed by atoms with E-state index in [1.807, 2.05) is 72.8 Å². The van der Waals surface area contributed by atoms with Gasteiger partial charge < -0.3 is 8.83 Å². The minimum atomic E-state index is 0.697. The fourth-order valence-corrected chi connectivity index (χ4v) is 8.72. The Hall–Kier alpha value is -8.41. The predicted molar refractivity (Wildman–Crippen MR) is 252 cm³/mol. The quantitative estimate of drug-likeness (QED) is 0.161. The van der Waals surface area contributed by atoms with E-state index in [-0.39, 0.29) is 0 Å². The van der Waals surface area contributed by atoms with Crippen molar-refractivity contribution >= 4 is 43.8 Å². The van der Waals surface area contributed by atoms with Crippen LogP contribution < -0.4 is 0 Å². The number of furan rings is 2. The summed E-state index contributed by atoms with van der Waals surface area (Å²) in [5.41, 5.74) is 15.0. The van der Waals surface area contributed by atoms with Crippen molar-refractivity contribution in [2.75, 3.05) is 0 Å². The molecule has 0 saturated heterocycles. The van der Waals surface area contributed by atoms with Crippen molar-refractivity contribution in [3.63, 3.8) is 0 Å². The molecule has 0 radical (unpaired) electrons. The molecule has 12 aromatic rings. The molecular weight excluding hydrogens is 759 g/mol. The van der Waals surface area contributed by atoms with Crippen LogP contribution in [0.2, 0.25) is 0 Å². The molecule has 0 aliphatic carbocycles. The largest absolute Gasteiger partial charge is 0.455 e. The Bertz CT molecular complexity index is 3540. The van der Waals surface area contributed by atoms with Gasteiger partial charge in [0.2, 0.25) is 0 Å². The van der Waals surface area contributed by atoms with Crippen LogP contribution in [-0.2, 0) is 0 Å². The number of hydrogen-bond acceptors (Lipinski definition) is 5. The van der Waals surface area contributed by atoms with Crippen LogP contribution in [-0.4, -0.2) is 15.0 Å². The fourth-order valence-electron chi connectivity index (χ4n) is 8.72. The zero-order chi connectivity index (χ0) is 41.0. The summed E-state index contributed by atoms with van der Waals surface area (Å²) in [6.45, 7) is 0. The lowest BCUT2D eigenvalue weighted by molar-refractivity contribution is 0.632. The Morgan fingerprint density at radius 2 is 0.871 bits per heavy atom. The van der Waals surface area contributed by atoms with Gasteiger partial charge in [-0.25, -0.2) is 15.0 Å². The zero-order valence-electron chi connectivity index (χ0n) is 33.4. The number of pyridine rings is 1. The number of para-hydroxylation sites is 3. The number of benzene rings is 8. The molecule has 12 rings (SSSR count). The molecule has 0 aliphatic heterocycles. The molecule has 0 amide bonds. The molecular formula is C57H35N3O2. The Morgan fingerprint density at radius 3 is 1.56 bits per heavy atom. The molecule has 5 nitrogen and oxygen atoms in total. The van der Waals surface area contributed by atoms with Crippen molar-refractivity contribution < 1.29 is 8.83 Å². The molecule has 62 heavy (non-hydrogen) atoms. The van der Waals surface area contributed by atoms with Gasteiger partial charge in [-0.15, -0.1) is 0 Å². The first kappa shape index (κ1) is 35.5. The van der Waals surface area contributed by atoms with Crippen molar-refractivity contribution in [3.05, 3.63) is 212 Å². The van der Waals surface area contributed by atoms with Crippen LogP contribution in [0.5, 0.6) is 0 Å². The first-order valence-electron chi connectivity index (χ1n) is 20.8. The average molecular weight is 794 g/mol. The molecule has 0 unspecified atom stereocenters. The summed E-state index contributed by atoms with van der Waals surface area (Å²) in [4.78, 5) is 15.2. The topological polar surface area (TPSA) is 65.0 Å². The van der Waals surface area contributed by atoms with E-state index in [2.05, 4.69) is 140 Å². The van der Waals surface area contributed by atoms with Gasteiger partial charge in [-0.1, -0.05) is 194 Å². The number of fused-ring (bicyclic) bond motifs is 6. The van der Waals surface area contributed by atoms with E-state index in [1.54, 1.807) is 0 Å². The van der Waals surface area contributed by atoms with Crippen molar-refractivity contribution in [1.82, 2.24) is 15.0 Å². The lowest BCUT2D eigenvalue weighted by atomic mass is 9.93. The first-order chi connectivity index (χ1) is 30.7. The van der Waals surface area contributed by atoms with Crippen LogP contribution >= 0.6 is 0 Å². The van der Waals surface area contributed by atoms with Crippen LogP contribution in [0.1, 0.15) is 0 Å². The lowest BCUT2D eigenvalue weighted by Gasteiger charge is -2.10. The summed E-state index contributed by atoms with van der Waals surface area (Å²) in [6, 6.07) is 73.0. The minimum Gasteiger partial charge on any atom is -0.455 e. The Kier molecular flexibility index (Phi) is 8.42. The molecule has 0 bridgehead atoms. The van der Waals surface area contributed by atoms with Gasteiger partial charge in [0.25, 0.3) is 0 Å². The van der Waals surface area contributed by atoms with E-state index >= 15 is 0 Å². The van der Waals surface area contributed by atoms with Crippen LogP contribution in [0, 0.1) is 0 Å². The first-order valence-corrected chi connectivity index (χ1v) is 20.8. The number of nitrogens with zero attached hydrogens (tertiary/aromatic N) is 3. The molecule has 0 atom stereocenters. The molecule has 0 spiro atoms. The molecule has 8 aromatic carbocycles. The normalized spacial score (nSPS) is 11.5. The van der Waals surface area contributed by atoms with Gasteiger partial charge >= 0.3 is 0 Å². The second-order valence-electron chi connectivity index (χ2n) is 15.5. The second kappa shape index (κ2) is 14.7. The lowest BCUT2D eigenvalue weighted by Crippen LogP contribution is -1.95. The van der Waals surface area contributed by atoms with Gasteiger partial charge in [0.05, 0.1) is 16.9 Å². The van der Waals surface area contributed by atoms with Gasteiger partial charge in [-0.3, -0.25) is 0 Å². The van der Waals surface area contributed by atoms with E-state index in [0.717, 1.165) is 117 Å². The Morgan fingerprint density at radius 1 is 0.339 bits per heavy atom. The van der Waals surface area contributed by atoms with E-state index in [4.69, 9.17) is 23.8 Å². The van der Waals surface area contributed by atoms with Crippen LogP contribution in [0.4, 0.5) is 0 Å². The van der Waals surface area contributed by atoms with Gasteiger partial charge in [0.15, 0.2) is 11.4 Å². The molecule has 5 heteroatoms. The third-order valence-corrected chi connectivity index (χ3v) is 11.7. The predicted octanol–water partition coefficient (Wildman–Crippen LogP) is 15.3. The summed E-state index contributed by atoms with van der Waals surface area (Å²) in [7, 11) is 0. The number of rotatable bonds is 7. The molecule has 4 aromatic heterocycles. The standard InChI is InChI=1S/C57H35N3O2/c1-4-15-38(16-5-1)48-35-49(60-57(59-48)42-19-8-3-9-20-42)39-31-27-36(28-32-39)37-29-33-41(34-30-37)54-52(46-24-14-23-44-43-21-11-13-26-50(43)61-55(44)46)51-45-22-10-12-25-47(45)58-53(56(51)62-54)40-17-6-2-7-18-40/h1-35H. The number of hydrogen-bond donors (Lipinski definition) is 0.